The van der Waals surface area contributed by atoms with Crippen LogP contribution >= 0.6 is 0 Å². The SMILES string of the molecule is Cc1cc(C2(C)CC(C)c3ccc(O)cc32)ccc1O. The molecule has 104 valence electrons. The lowest BCUT2D eigenvalue weighted by Crippen LogP contribution is -2.20. The van der Waals surface area contributed by atoms with E-state index in [4.69, 9.17) is 0 Å². The summed E-state index contributed by atoms with van der Waals surface area (Å²) in [4.78, 5) is 0. The van der Waals surface area contributed by atoms with Crippen LogP contribution in [0.15, 0.2) is 36.4 Å². The molecule has 0 heterocycles. The fourth-order valence-electron chi connectivity index (χ4n) is 3.56. The molecule has 2 aromatic carbocycles. The van der Waals surface area contributed by atoms with Gasteiger partial charge in [-0.15, -0.1) is 0 Å². The molecule has 0 spiro atoms. The third-order valence-corrected chi connectivity index (χ3v) is 4.71. The number of rotatable bonds is 1. The molecule has 0 amide bonds. The number of fused-ring (bicyclic) bond motifs is 1. The molecule has 2 aromatic rings. The Bertz CT molecular complexity index is 675. The van der Waals surface area contributed by atoms with Crippen molar-refractivity contribution in [2.24, 2.45) is 0 Å². The first-order valence-electron chi connectivity index (χ1n) is 7.05. The van der Waals surface area contributed by atoms with Gasteiger partial charge in [0, 0.05) is 5.41 Å². The molecule has 0 fully saturated rings. The van der Waals surface area contributed by atoms with E-state index in [1.807, 2.05) is 25.1 Å². The fourth-order valence-corrected chi connectivity index (χ4v) is 3.56. The Kier molecular flexibility index (Phi) is 2.79. The molecule has 3 rings (SSSR count). The Morgan fingerprint density at radius 2 is 1.85 bits per heavy atom. The first-order chi connectivity index (χ1) is 9.41. The number of phenolic OH excluding ortho intramolecular Hbond substituents is 2. The number of benzene rings is 2. The van der Waals surface area contributed by atoms with E-state index >= 15 is 0 Å². The summed E-state index contributed by atoms with van der Waals surface area (Å²) in [6.07, 6.45) is 1.02. The van der Waals surface area contributed by atoms with Gasteiger partial charge in [-0.2, -0.15) is 0 Å². The number of aryl methyl sites for hydroxylation is 1. The zero-order valence-corrected chi connectivity index (χ0v) is 12.1. The summed E-state index contributed by atoms with van der Waals surface area (Å²) in [6.45, 7) is 6.37. The highest BCUT2D eigenvalue weighted by atomic mass is 16.3. The molecule has 2 nitrogen and oxygen atoms in total. The maximum absolute atomic E-state index is 9.82. The van der Waals surface area contributed by atoms with E-state index in [-0.39, 0.29) is 5.41 Å². The Hall–Kier alpha value is -1.96. The van der Waals surface area contributed by atoms with E-state index in [0.717, 1.165) is 12.0 Å². The van der Waals surface area contributed by atoms with Crippen LogP contribution in [-0.4, -0.2) is 10.2 Å². The fraction of sp³-hybridized carbons (Fsp3) is 0.333. The molecule has 0 aromatic heterocycles. The van der Waals surface area contributed by atoms with Crippen LogP contribution < -0.4 is 0 Å². The zero-order chi connectivity index (χ0) is 14.5. The third kappa shape index (κ3) is 1.79. The summed E-state index contributed by atoms with van der Waals surface area (Å²) in [7, 11) is 0. The smallest absolute Gasteiger partial charge is 0.118 e. The summed E-state index contributed by atoms with van der Waals surface area (Å²) in [5.41, 5.74) is 4.51. The highest BCUT2D eigenvalue weighted by molar-refractivity contribution is 5.53. The van der Waals surface area contributed by atoms with Crippen molar-refractivity contribution in [2.45, 2.75) is 38.5 Å². The molecule has 2 atom stereocenters. The van der Waals surface area contributed by atoms with Crippen molar-refractivity contribution in [1.82, 2.24) is 0 Å². The van der Waals surface area contributed by atoms with Crippen molar-refractivity contribution in [3.63, 3.8) is 0 Å². The van der Waals surface area contributed by atoms with Crippen LogP contribution in [0.3, 0.4) is 0 Å². The average Bonchev–Trinajstić information content (AvgIpc) is 2.65. The maximum atomic E-state index is 9.82. The standard InChI is InChI=1S/C18H20O2/c1-11-8-13(4-7-17(11)20)18(3)10-12(2)15-6-5-14(19)9-16(15)18/h4-9,12,19-20H,10H2,1-3H3. The van der Waals surface area contributed by atoms with Crippen LogP contribution in [0.1, 0.15) is 48.4 Å². The number of hydrogen-bond acceptors (Lipinski definition) is 2. The Labute approximate surface area is 119 Å². The lowest BCUT2D eigenvalue weighted by molar-refractivity contribution is 0.466. The maximum Gasteiger partial charge on any atom is 0.118 e. The first-order valence-corrected chi connectivity index (χ1v) is 7.05. The van der Waals surface area contributed by atoms with E-state index in [1.54, 1.807) is 12.1 Å². The topological polar surface area (TPSA) is 40.5 Å². The van der Waals surface area contributed by atoms with Crippen LogP contribution in [0.25, 0.3) is 0 Å². The van der Waals surface area contributed by atoms with Gasteiger partial charge in [0.05, 0.1) is 0 Å². The highest BCUT2D eigenvalue weighted by Crippen LogP contribution is 2.50. The predicted octanol–water partition coefficient (Wildman–Crippen LogP) is 4.22. The Morgan fingerprint density at radius 3 is 2.55 bits per heavy atom. The molecule has 1 aliphatic rings. The van der Waals surface area contributed by atoms with Crippen LogP contribution in [0.2, 0.25) is 0 Å². The van der Waals surface area contributed by atoms with Gasteiger partial charge in [-0.3, -0.25) is 0 Å². The molecule has 0 saturated carbocycles. The van der Waals surface area contributed by atoms with Gasteiger partial charge >= 0.3 is 0 Å². The molecule has 0 bridgehead atoms. The highest BCUT2D eigenvalue weighted by Gasteiger charge is 2.40. The van der Waals surface area contributed by atoms with Crippen molar-refractivity contribution in [1.29, 1.82) is 0 Å². The molecule has 2 heteroatoms. The molecule has 0 saturated heterocycles. The van der Waals surface area contributed by atoms with E-state index in [1.165, 1.54) is 16.7 Å². The van der Waals surface area contributed by atoms with Crippen LogP contribution in [0.4, 0.5) is 0 Å². The lowest BCUT2D eigenvalue weighted by Gasteiger charge is -2.27. The second kappa shape index (κ2) is 4.27. The minimum Gasteiger partial charge on any atom is -0.508 e. The molecular weight excluding hydrogens is 248 g/mol. The third-order valence-electron chi connectivity index (χ3n) is 4.71. The number of phenols is 2. The molecule has 2 N–H and O–H groups in total. The van der Waals surface area contributed by atoms with Crippen LogP contribution in [0, 0.1) is 6.92 Å². The zero-order valence-electron chi connectivity index (χ0n) is 12.1. The number of hydrogen-bond donors (Lipinski definition) is 2. The number of aromatic hydroxyl groups is 2. The van der Waals surface area contributed by atoms with Crippen molar-refractivity contribution >= 4 is 0 Å². The van der Waals surface area contributed by atoms with Gasteiger partial charge in [-0.25, -0.2) is 0 Å². The predicted molar refractivity (Wildman–Crippen MR) is 80.4 cm³/mol. The van der Waals surface area contributed by atoms with Gasteiger partial charge in [0.15, 0.2) is 0 Å². The van der Waals surface area contributed by atoms with Crippen molar-refractivity contribution < 1.29 is 10.2 Å². The van der Waals surface area contributed by atoms with Gasteiger partial charge in [0.25, 0.3) is 0 Å². The quantitative estimate of drug-likeness (QED) is 0.813. The van der Waals surface area contributed by atoms with Crippen molar-refractivity contribution in [3.05, 3.63) is 58.7 Å². The second-order valence-corrected chi connectivity index (χ2v) is 6.21. The van der Waals surface area contributed by atoms with Crippen LogP contribution in [0.5, 0.6) is 11.5 Å². The minimum absolute atomic E-state index is 0.105. The van der Waals surface area contributed by atoms with Crippen LogP contribution in [-0.2, 0) is 5.41 Å². The summed E-state index contributed by atoms with van der Waals surface area (Å²) in [5.74, 6) is 1.13. The summed E-state index contributed by atoms with van der Waals surface area (Å²) in [5, 5.41) is 19.5. The largest absolute Gasteiger partial charge is 0.508 e. The first kappa shape index (κ1) is 13.0. The molecule has 1 aliphatic carbocycles. The van der Waals surface area contributed by atoms with Gasteiger partial charge in [0.1, 0.15) is 11.5 Å². The monoisotopic (exact) mass is 268 g/mol. The van der Waals surface area contributed by atoms with Crippen molar-refractivity contribution in [3.8, 4) is 11.5 Å². The molecular formula is C18H20O2. The van der Waals surface area contributed by atoms with Gasteiger partial charge in [-0.1, -0.05) is 32.0 Å². The molecule has 20 heavy (non-hydrogen) atoms. The summed E-state index contributed by atoms with van der Waals surface area (Å²) in [6, 6.07) is 11.5. The Balaban J connectivity index is 2.19. The van der Waals surface area contributed by atoms with Crippen molar-refractivity contribution in [2.75, 3.05) is 0 Å². The Morgan fingerprint density at radius 1 is 1.10 bits per heavy atom. The van der Waals surface area contributed by atoms with E-state index in [2.05, 4.69) is 19.9 Å². The second-order valence-electron chi connectivity index (χ2n) is 6.21. The van der Waals surface area contributed by atoms with Gasteiger partial charge < -0.3 is 10.2 Å². The van der Waals surface area contributed by atoms with Gasteiger partial charge in [-0.05, 0) is 59.7 Å². The molecule has 0 radical (unpaired) electrons. The van der Waals surface area contributed by atoms with Gasteiger partial charge in [0.2, 0.25) is 0 Å². The normalized spacial score (nSPS) is 24.6. The lowest BCUT2D eigenvalue weighted by atomic mass is 9.76. The summed E-state index contributed by atoms with van der Waals surface area (Å²) < 4.78 is 0. The average molecular weight is 268 g/mol. The van der Waals surface area contributed by atoms with E-state index in [0.29, 0.717) is 17.4 Å². The minimum atomic E-state index is -0.105. The molecule has 2 unspecified atom stereocenters. The van der Waals surface area contributed by atoms with E-state index < -0.39 is 0 Å². The molecule has 0 aliphatic heterocycles. The summed E-state index contributed by atoms with van der Waals surface area (Å²) >= 11 is 0. The van der Waals surface area contributed by atoms with E-state index in [9.17, 15) is 10.2 Å².